The van der Waals surface area contributed by atoms with Gasteiger partial charge in [0.05, 0.1) is 13.7 Å². The van der Waals surface area contributed by atoms with Crippen LogP contribution in [-0.2, 0) is 11.3 Å². The predicted octanol–water partition coefficient (Wildman–Crippen LogP) is 4.08. The van der Waals surface area contributed by atoms with E-state index >= 15 is 0 Å². The monoisotopic (exact) mass is 398 g/mol. The molecule has 1 atom stereocenters. The molecular formula is C24H34N2O3. The van der Waals surface area contributed by atoms with Crippen LogP contribution < -0.4 is 20.1 Å². The summed E-state index contributed by atoms with van der Waals surface area (Å²) >= 11 is 0. The predicted molar refractivity (Wildman–Crippen MR) is 117 cm³/mol. The van der Waals surface area contributed by atoms with E-state index in [1.807, 2.05) is 13.0 Å². The van der Waals surface area contributed by atoms with Gasteiger partial charge in [-0.2, -0.15) is 0 Å². The highest BCUT2D eigenvalue weighted by molar-refractivity contribution is 5.42. The third kappa shape index (κ3) is 5.95. The SMILES string of the molecule is CCOc1ccc(CNCC2(NC(C)c3ccccc3)CCOCC2)cc1OC. The average molecular weight is 399 g/mol. The van der Waals surface area contributed by atoms with E-state index < -0.39 is 0 Å². The van der Waals surface area contributed by atoms with E-state index in [2.05, 4.69) is 60.0 Å². The summed E-state index contributed by atoms with van der Waals surface area (Å²) in [6.45, 7) is 8.12. The summed E-state index contributed by atoms with van der Waals surface area (Å²) < 4.78 is 16.7. The Labute approximate surface area is 174 Å². The maximum atomic E-state index is 5.64. The fourth-order valence-electron chi connectivity index (χ4n) is 3.96. The second kappa shape index (κ2) is 10.6. The third-order valence-corrected chi connectivity index (χ3v) is 5.59. The minimum atomic E-state index is 0.0306. The zero-order valence-corrected chi connectivity index (χ0v) is 17.9. The van der Waals surface area contributed by atoms with Crippen molar-refractivity contribution < 1.29 is 14.2 Å². The van der Waals surface area contributed by atoms with Gasteiger partial charge in [-0.1, -0.05) is 36.4 Å². The third-order valence-electron chi connectivity index (χ3n) is 5.59. The molecule has 0 amide bonds. The lowest BCUT2D eigenvalue weighted by molar-refractivity contribution is 0.0337. The molecule has 0 aliphatic carbocycles. The molecule has 3 rings (SSSR count). The van der Waals surface area contributed by atoms with Crippen LogP contribution in [0.4, 0.5) is 0 Å². The second-order valence-electron chi connectivity index (χ2n) is 7.69. The first-order chi connectivity index (χ1) is 14.2. The minimum absolute atomic E-state index is 0.0306. The highest BCUT2D eigenvalue weighted by Crippen LogP contribution is 2.28. The van der Waals surface area contributed by atoms with Crippen LogP contribution in [0.15, 0.2) is 48.5 Å². The highest BCUT2D eigenvalue weighted by Gasteiger charge is 2.33. The molecule has 158 valence electrons. The van der Waals surface area contributed by atoms with Crippen molar-refractivity contribution in [2.75, 3.05) is 33.5 Å². The molecule has 2 N–H and O–H groups in total. The first-order valence-corrected chi connectivity index (χ1v) is 10.6. The van der Waals surface area contributed by atoms with Crippen LogP contribution in [0, 0.1) is 0 Å². The van der Waals surface area contributed by atoms with Crippen LogP contribution in [0.5, 0.6) is 11.5 Å². The second-order valence-corrected chi connectivity index (χ2v) is 7.69. The summed E-state index contributed by atoms with van der Waals surface area (Å²) in [7, 11) is 1.68. The molecule has 0 radical (unpaired) electrons. The first kappa shape index (κ1) is 21.6. The largest absolute Gasteiger partial charge is 0.493 e. The molecule has 1 fully saturated rings. The molecule has 0 saturated carbocycles. The number of nitrogens with one attached hydrogen (secondary N) is 2. The summed E-state index contributed by atoms with van der Waals surface area (Å²) in [6.07, 6.45) is 2.01. The van der Waals surface area contributed by atoms with Crippen molar-refractivity contribution in [3.63, 3.8) is 0 Å². The number of hydrogen-bond donors (Lipinski definition) is 2. The minimum Gasteiger partial charge on any atom is -0.493 e. The van der Waals surface area contributed by atoms with E-state index in [0.29, 0.717) is 12.6 Å². The van der Waals surface area contributed by atoms with Crippen LogP contribution in [0.2, 0.25) is 0 Å². The Bertz CT molecular complexity index is 745. The van der Waals surface area contributed by atoms with Gasteiger partial charge in [-0.15, -0.1) is 0 Å². The Morgan fingerprint density at radius 2 is 1.83 bits per heavy atom. The molecular weight excluding hydrogens is 364 g/mol. The van der Waals surface area contributed by atoms with E-state index in [1.165, 1.54) is 11.1 Å². The van der Waals surface area contributed by atoms with E-state index in [-0.39, 0.29) is 5.54 Å². The van der Waals surface area contributed by atoms with Crippen molar-refractivity contribution in [2.45, 2.75) is 44.8 Å². The van der Waals surface area contributed by atoms with Crippen LogP contribution in [0.25, 0.3) is 0 Å². The Morgan fingerprint density at radius 1 is 1.07 bits per heavy atom. The molecule has 2 aromatic rings. The van der Waals surface area contributed by atoms with Gasteiger partial charge < -0.3 is 24.8 Å². The summed E-state index contributed by atoms with van der Waals surface area (Å²) in [6, 6.07) is 17.1. The molecule has 1 aliphatic heterocycles. The zero-order chi connectivity index (χ0) is 20.5. The number of ether oxygens (including phenoxy) is 3. The lowest BCUT2D eigenvalue weighted by Crippen LogP contribution is -2.56. The van der Waals surface area contributed by atoms with Crippen molar-refractivity contribution in [1.82, 2.24) is 10.6 Å². The van der Waals surface area contributed by atoms with E-state index in [4.69, 9.17) is 14.2 Å². The van der Waals surface area contributed by atoms with Gasteiger partial charge in [0.2, 0.25) is 0 Å². The first-order valence-electron chi connectivity index (χ1n) is 10.6. The Morgan fingerprint density at radius 3 is 2.52 bits per heavy atom. The van der Waals surface area contributed by atoms with Gasteiger partial charge in [0.25, 0.3) is 0 Å². The van der Waals surface area contributed by atoms with Crippen molar-refractivity contribution in [3.8, 4) is 11.5 Å². The van der Waals surface area contributed by atoms with E-state index in [0.717, 1.165) is 50.6 Å². The number of rotatable bonds is 10. The van der Waals surface area contributed by atoms with Crippen LogP contribution >= 0.6 is 0 Å². The summed E-state index contributed by atoms with van der Waals surface area (Å²) in [5.41, 5.74) is 2.53. The molecule has 1 saturated heterocycles. The molecule has 0 aromatic heterocycles. The van der Waals surface area contributed by atoms with Crippen LogP contribution in [0.1, 0.15) is 43.9 Å². The fourth-order valence-corrected chi connectivity index (χ4v) is 3.96. The van der Waals surface area contributed by atoms with Crippen molar-refractivity contribution in [3.05, 3.63) is 59.7 Å². The van der Waals surface area contributed by atoms with Gasteiger partial charge in [-0.3, -0.25) is 0 Å². The maximum absolute atomic E-state index is 5.64. The average Bonchev–Trinajstić information content (AvgIpc) is 2.76. The molecule has 2 aromatic carbocycles. The van der Waals surface area contributed by atoms with Crippen molar-refractivity contribution >= 4 is 0 Å². The number of benzene rings is 2. The normalized spacial score (nSPS) is 16.9. The maximum Gasteiger partial charge on any atom is 0.161 e. The highest BCUT2D eigenvalue weighted by atomic mass is 16.5. The number of methoxy groups -OCH3 is 1. The molecule has 5 heteroatoms. The molecule has 0 spiro atoms. The smallest absolute Gasteiger partial charge is 0.161 e. The molecule has 29 heavy (non-hydrogen) atoms. The molecule has 5 nitrogen and oxygen atoms in total. The Hall–Kier alpha value is -2.08. The van der Waals surface area contributed by atoms with Crippen LogP contribution in [0.3, 0.4) is 0 Å². The summed E-state index contributed by atoms with van der Waals surface area (Å²) in [4.78, 5) is 0. The fraction of sp³-hybridized carbons (Fsp3) is 0.500. The zero-order valence-electron chi connectivity index (χ0n) is 17.9. The molecule has 1 aliphatic rings. The van der Waals surface area contributed by atoms with Gasteiger partial charge in [0.15, 0.2) is 11.5 Å². The quantitative estimate of drug-likeness (QED) is 0.631. The summed E-state index contributed by atoms with van der Waals surface area (Å²) in [5.74, 6) is 1.57. The summed E-state index contributed by atoms with van der Waals surface area (Å²) in [5, 5.41) is 7.55. The Kier molecular flexibility index (Phi) is 7.92. The standard InChI is InChI=1S/C24H34N2O3/c1-4-29-22-11-10-20(16-23(22)27-3)17-25-18-24(12-14-28-15-13-24)26-19(2)21-8-6-5-7-9-21/h5-11,16,19,25-26H,4,12-15,17-18H2,1-3H3. The van der Waals surface area contributed by atoms with E-state index in [1.54, 1.807) is 7.11 Å². The molecule has 0 bridgehead atoms. The van der Waals surface area contributed by atoms with Crippen molar-refractivity contribution in [2.24, 2.45) is 0 Å². The number of hydrogen-bond acceptors (Lipinski definition) is 5. The van der Waals surface area contributed by atoms with Gasteiger partial charge >= 0.3 is 0 Å². The molecule has 1 unspecified atom stereocenters. The van der Waals surface area contributed by atoms with Gasteiger partial charge in [0.1, 0.15) is 0 Å². The van der Waals surface area contributed by atoms with Crippen LogP contribution in [-0.4, -0.2) is 39.0 Å². The lowest BCUT2D eigenvalue weighted by Gasteiger charge is -2.41. The Balaban J connectivity index is 1.62. The van der Waals surface area contributed by atoms with Gasteiger partial charge in [-0.05, 0) is 49.9 Å². The van der Waals surface area contributed by atoms with Gasteiger partial charge in [-0.25, -0.2) is 0 Å². The van der Waals surface area contributed by atoms with Gasteiger partial charge in [0, 0.05) is 37.9 Å². The van der Waals surface area contributed by atoms with Crippen molar-refractivity contribution in [1.29, 1.82) is 0 Å². The van der Waals surface area contributed by atoms with E-state index in [9.17, 15) is 0 Å². The molecule has 1 heterocycles. The lowest BCUT2D eigenvalue weighted by atomic mass is 9.88. The topological polar surface area (TPSA) is 51.8 Å².